The number of carbonyl (C=O) groups is 1. The standard InChI is InChI=1S/C37H70O14/c1-3-5-7-9-10-11-12-13-14-15-16-17-19-21-46-23-26(49-29(39)20-18-8-6-4-2)24-47-36-35(45)33(43)31(41)28(51-36)25-48-37-34(44)32(42)30(40)27(22-38)50-37/h26-28,30-38,40-45H,3-25H2,1-2H3. The molecule has 14 heteroatoms. The average Bonchev–Trinajstić information content (AvgIpc) is 3.12. The van der Waals surface area contributed by atoms with Crippen molar-refractivity contribution in [3.8, 4) is 0 Å². The highest BCUT2D eigenvalue weighted by Gasteiger charge is 2.47. The van der Waals surface area contributed by atoms with Gasteiger partial charge in [0, 0.05) is 13.0 Å². The van der Waals surface area contributed by atoms with Crippen molar-refractivity contribution in [2.75, 3.05) is 33.0 Å². The molecule has 2 aliphatic rings. The number of esters is 1. The van der Waals surface area contributed by atoms with Crippen molar-refractivity contribution >= 4 is 5.97 Å². The van der Waals surface area contributed by atoms with Gasteiger partial charge in [0.25, 0.3) is 0 Å². The summed E-state index contributed by atoms with van der Waals surface area (Å²) in [6, 6.07) is 0. The second kappa shape index (κ2) is 27.6. The Morgan fingerprint density at radius 2 is 1.04 bits per heavy atom. The normalized spacial score (nSPS) is 30.4. The molecule has 51 heavy (non-hydrogen) atoms. The average molecular weight is 739 g/mol. The summed E-state index contributed by atoms with van der Waals surface area (Å²) in [5.74, 6) is -0.393. The van der Waals surface area contributed by atoms with E-state index in [9.17, 15) is 40.5 Å². The maximum atomic E-state index is 12.6. The number of aliphatic hydroxyl groups is 7. The maximum Gasteiger partial charge on any atom is 0.306 e. The van der Waals surface area contributed by atoms with Crippen molar-refractivity contribution in [1.82, 2.24) is 0 Å². The molecular formula is C37H70O14. The van der Waals surface area contributed by atoms with Crippen LogP contribution in [0.3, 0.4) is 0 Å². The third-order valence-electron chi connectivity index (χ3n) is 9.62. The maximum absolute atomic E-state index is 12.6. The van der Waals surface area contributed by atoms with E-state index >= 15 is 0 Å². The van der Waals surface area contributed by atoms with E-state index in [1.807, 2.05) is 0 Å². The van der Waals surface area contributed by atoms with E-state index in [4.69, 9.17) is 28.4 Å². The Balaban J connectivity index is 1.80. The van der Waals surface area contributed by atoms with Crippen LogP contribution in [0.5, 0.6) is 0 Å². The second-order valence-corrected chi connectivity index (χ2v) is 14.1. The fourth-order valence-corrected chi connectivity index (χ4v) is 6.28. The van der Waals surface area contributed by atoms with Gasteiger partial charge in [0.2, 0.25) is 0 Å². The van der Waals surface area contributed by atoms with Crippen molar-refractivity contribution in [3.05, 3.63) is 0 Å². The van der Waals surface area contributed by atoms with E-state index in [2.05, 4.69) is 13.8 Å². The van der Waals surface area contributed by atoms with Crippen LogP contribution in [0.25, 0.3) is 0 Å². The van der Waals surface area contributed by atoms with Crippen LogP contribution < -0.4 is 0 Å². The first-order valence-corrected chi connectivity index (χ1v) is 19.6. The Labute approximate surface area is 304 Å². The lowest BCUT2D eigenvalue weighted by Crippen LogP contribution is -2.61. The van der Waals surface area contributed by atoms with E-state index in [1.54, 1.807) is 0 Å². The molecule has 2 aliphatic heterocycles. The lowest BCUT2D eigenvalue weighted by molar-refractivity contribution is -0.332. The van der Waals surface area contributed by atoms with Gasteiger partial charge in [-0.1, -0.05) is 110 Å². The Morgan fingerprint density at radius 3 is 1.59 bits per heavy atom. The summed E-state index contributed by atoms with van der Waals surface area (Å²) in [5.41, 5.74) is 0. The molecule has 0 amide bonds. The van der Waals surface area contributed by atoms with Crippen molar-refractivity contribution in [1.29, 1.82) is 0 Å². The number of rotatable bonds is 29. The molecule has 0 aromatic carbocycles. The number of carbonyl (C=O) groups excluding carboxylic acids is 1. The largest absolute Gasteiger partial charge is 0.457 e. The van der Waals surface area contributed by atoms with Gasteiger partial charge in [0.1, 0.15) is 54.9 Å². The number of hydrogen-bond donors (Lipinski definition) is 7. The molecule has 0 radical (unpaired) electrons. The van der Waals surface area contributed by atoms with Gasteiger partial charge in [-0.25, -0.2) is 0 Å². The van der Waals surface area contributed by atoms with Gasteiger partial charge in [-0.05, 0) is 12.8 Å². The highest BCUT2D eigenvalue weighted by atomic mass is 16.7. The topological polar surface area (TPSA) is 214 Å². The van der Waals surface area contributed by atoms with Crippen molar-refractivity contribution in [2.45, 2.75) is 197 Å². The first kappa shape index (κ1) is 46.1. The molecular weight excluding hydrogens is 668 g/mol. The van der Waals surface area contributed by atoms with Crippen molar-refractivity contribution in [3.63, 3.8) is 0 Å². The van der Waals surface area contributed by atoms with Crippen LogP contribution in [-0.2, 0) is 33.2 Å². The molecule has 11 unspecified atom stereocenters. The zero-order valence-electron chi connectivity index (χ0n) is 31.1. The van der Waals surface area contributed by atoms with Crippen LogP contribution in [0, 0.1) is 0 Å². The molecule has 2 rings (SSSR count). The smallest absolute Gasteiger partial charge is 0.306 e. The SMILES string of the molecule is CCCCCCCCCCCCCCCOCC(COC1OC(COC2OC(CO)C(O)C(O)C2O)C(O)C(O)C1O)OC(=O)CCCCCC. The number of aliphatic hydroxyl groups excluding tert-OH is 7. The minimum atomic E-state index is -1.70. The van der Waals surface area contributed by atoms with Gasteiger partial charge in [-0.2, -0.15) is 0 Å². The summed E-state index contributed by atoms with van der Waals surface area (Å²) in [6.45, 7) is 3.54. The fraction of sp³-hybridized carbons (Fsp3) is 0.973. The first-order valence-electron chi connectivity index (χ1n) is 19.6. The predicted octanol–water partition coefficient (Wildman–Crippen LogP) is 2.62. The summed E-state index contributed by atoms with van der Waals surface area (Å²) < 4.78 is 33.8. The van der Waals surface area contributed by atoms with E-state index in [1.165, 1.54) is 64.2 Å². The molecule has 0 aromatic heterocycles. The van der Waals surface area contributed by atoms with E-state index < -0.39 is 86.7 Å². The Bertz CT molecular complexity index is 865. The quantitative estimate of drug-likeness (QED) is 0.0434. The molecule has 302 valence electrons. The van der Waals surface area contributed by atoms with Crippen molar-refractivity contribution < 1.29 is 69.0 Å². The minimum Gasteiger partial charge on any atom is -0.457 e. The van der Waals surface area contributed by atoms with E-state index in [0.717, 1.165) is 38.5 Å². The Hall–Kier alpha value is -1.01. The predicted molar refractivity (Wildman–Crippen MR) is 188 cm³/mol. The van der Waals surface area contributed by atoms with E-state index in [-0.39, 0.29) is 19.6 Å². The van der Waals surface area contributed by atoms with Gasteiger partial charge in [-0.15, -0.1) is 0 Å². The molecule has 0 saturated carbocycles. The van der Waals surface area contributed by atoms with Gasteiger partial charge < -0.3 is 64.2 Å². The van der Waals surface area contributed by atoms with Crippen LogP contribution in [0.1, 0.15) is 129 Å². The highest BCUT2D eigenvalue weighted by molar-refractivity contribution is 5.69. The molecule has 7 N–H and O–H groups in total. The molecule has 0 aromatic rings. The molecule has 11 atom stereocenters. The van der Waals surface area contributed by atoms with Gasteiger partial charge in [0.15, 0.2) is 12.6 Å². The monoisotopic (exact) mass is 738 g/mol. The summed E-state index contributed by atoms with van der Waals surface area (Å²) in [7, 11) is 0. The molecule has 2 fully saturated rings. The summed E-state index contributed by atoms with van der Waals surface area (Å²) in [5, 5.41) is 71.3. The fourth-order valence-electron chi connectivity index (χ4n) is 6.28. The molecule has 2 saturated heterocycles. The van der Waals surface area contributed by atoms with Crippen LogP contribution in [-0.4, -0.2) is 142 Å². The van der Waals surface area contributed by atoms with Crippen LogP contribution in [0.4, 0.5) is 0 Å². The van der Waals surface area contributed by atoms with E-state index in [0.29, 0.717) is 13.0 Å². The lowest BCUT2D eigenvalue weighted by atomic mass is 9.98. The molecule has 0 aliphatic carbocycles. The molecule has 0 bridgehead atoms. The minimum absolute atomic E-state index is 0.0661. The number of ether oxygens (including phenoxy) is 6. The summed E-state index contributed by atoms with van der Waals surface area (Å²) >= 11 is 0. The summed E-state index contributed by atoms with van der Waals surface area (Å²) in [4.78, 5) is 12.6. The van der Waals surface area contributed by atoms with Crippen molar-refractivity contribution in [2.24, 2.45) is 0 Å². The zero-order chi connectivity index (χ0) is 37.4. The second-order valence-electron chi connectivity index (χ2n) is 14.1. The summed E-state index contributed by atoms with van der Waals surface area (Å²) in [6.07, 6.45) is 3.97. The number of unbranched alkanes of at least 4 members (excludes halogenated alkanes) is 15. The van der Waals surface area contributed by atoms with Crippen LogP contribution in [0.2, 0.25) is 0 Å². The Kier molecular flexibility index (Phi) is 24.9. The number of hydrogen-bond acceptors (Lipinski definition) is 14. The molecule has 0 spiro atoms. The highest BCUT2D eigenvalue weighted by Crippen LogP contribution is 2.26. The van der Waals surface area contributed by atoms with Crippen LogP contribution >= 0.6 is 0 Å². The Morgan fingerprint density at radius 1 is 0.569 bits per heavy atom. The lowest BCUT2D eigenvalue weighted by Gasteiger charge is -2.42. The van der Waals surface area contributed by atoms with Gasteiger partial charge in [0.05, 0.1) is 26.4 Å². The third kappa shape index (κ3) is 17.8. The molecule has 2 heterocycles. The first-order chi connectivity index (χ1) is 24.6. The van der Waals surface area contributed by atoms with Gasteiger partial charge in [-0.3, -0.25) is 4.79 Å². The van der Waals surface area contributed by atoms with Crippen LogP contribution in [0.15, 0.2) is 0 Å². The zero-order valence-corrected chi connectivity index (χ0v) is 31.1. The molecule has 14 nitrogen and oxygen atoms in total. The third-order valence-corrected chi connectivity index (χ3v) is 9.62. The van der Waals surface area contributed by atoms with Gasteiger partial charge >= 0.3 is 5.97 Å².